The van der Waals surface area contributed by atoms with Crippen molar-refractivity contribution >= 4 is 82.5 Å². The first kappa shape index (κ1) is 59.1. The van der Waals surface area contributed by atoms with Gasteiger partial charge in [0.1, 0.15) is 40.7 Å². The summed E-state index contributed by atoms with van der Waals surface area (Å²) in [5.41, 5.74) is -1.21. The molecule has 2 N–H and O–H groups in total. The van der Waals surface area contributed by atoms with E-state index in [0.29, 0.717) is 48.6 Å². The molecular formula is C54H72ClN5O16S. The number of fused-ring (bicyclic) bond motifs is 5. The number of imide groups is 2. The third-order valence-electron chi connectivity index (χ3n) is 15.9. The van der Waals surface area contributed by atoms with E-state index in [1.54, 1.807) is 45.2 Å². The van der Waals surface area contributed by atoms with Gasteiger partial charge in [0.15, 0.2) is 5.72 Å². The summed E-state index contributed by atoms with van der Waals surface area (Å²) >= 11 is 8.14. The highest BCUT2D eigenvalue weighted by atomic mass is 35.5. The molecule has 1 aromatic rings. The topological polar surface area (TPSA) is 258 Å². The number of thioether (sulfide) groups is 1. The number of nitrogens with zero attached hydrogens (tertiary/aromatic N) is 4. The summed E-state index contributed by atoms with van der Waals surface area (Å²) < 4.78 is 28.9. The van der Waals surface area contributed by atoms with Gasteiger partial charge in [0.25, 0.3) is 11.8 Å². The van der Waals surface area contributed by atoms with E-state index in [0.717, 1.165) is 11.1 Å². The molecule has 7 amide bonds. The number of likely N-dealkylation sites (N-methyl/N-ethyl adjacent to an activating group) is 1. The number of ether oxygens (including phenoxy) is 5. The van der Waals surface area contributed by atoms with Crippen molar-refractivity contribution in [1.29, 1.82) is 0 Å². The molecule has 6 aliphatic rings. The Labute approximate surface area is 457 Å². The van der Waals surface area contributed by atoms with Gasteiger partial charge < -0.3 is 43.4 Å². The monoisotopic (exact) mass is 1110 g/mol. The molecule has 7 rings (SSSR count). The average Bonchev–Trinajstić information content (AvgIpc) is 3.99. The van der Waals surface area contributed by atoms with Crippen LogP contribution in [-0.2, 0) is 68.6 Å². The summed E-state index contributed by atoms with van der Waals surface area (Å²) in [7, 11) is 5.89. The normalized spacial score (nSPS) is 31.6. The number of benzene rings is 1. The maximum Gasteiger partial charge on any atom is 0.409 e. The Hall–Kier alpha value is -5.55. The molecule has 77 heavy (non-hydrogen) atoms. The van der Waals surface area contributed by atoms with Gasteiger partial charge in [0, 0.05) is 70.5 Å². The zero-order valence-electron chi connectivity index (χ0n) is 45.4. The first-order valence-corrected chi connectivity index (χ1v) is 27.4. The lowest BCUT2D eigenvalue weighted by Gasteiger charge is -2.42. The Morgan fingerprint density at radius 3 is 2.34 bits per heavy atom. The van der Waals surface area contributed by atoms with Crippen LogP contribution in [0.5, 0.6) is 5.75 Å². The number of anilines is 1. The van der Waals surface area contributed by atoms with Gasteiger partial charge >= 0.3 is 18.0 Å². The van der Waals surface area contributed by atoms with E-state index in [-0.39, 0.29) is 67.8 Å². The van der Waals surface area contributed by atoms with E-state index >= 15 is 0 Å². The van der Waals surface area contributed by atoms with Crippen LogP contribution in [0.15, 0.2) is 35.9 Å². The lowest BCUT2D eigenvalue weighted by Crippen LogP contribution is -2.63. The van der Waals surface area contributed by atoms with Crippen LogP contribution in [0.4, 0.5) is 10.5 Å². The SMILES string of the molecule is COc1cc2cc(c1Cl)N(C)C(=O)C[C@H](OC(=O)[C@H](C)N(C)C(=O)CCC(C)(C)SC1CC(=O)N(CC3CCC(C(=O)ON4C(=O)CCC4=O)CC3)C1=O)[C@]1(C)O[C@H]1[C@H](C)[C@@H]1C[C@@](O)(NC(=O)O1)[C@H](OC)/C=C/C=C(\C)C2. The molecule has 4 bridgehead atoms. The molecule has 422 valence electrons. The highest BCUT2D eigenvalue weighted by molar-refractivity contribution is 8.02. The van der Waals surface area contributed by atoms with E-state index in [2.05, 4.69) is 5.32 Å². The number of esters is 1. The molecule has 1 unspecified atom stereocenters. The van der Waals surface area contributed by atoms with Crippen molar-refractivity contribution in [3.8, 4) is 5.75 Å². The molecule has 1 saturated carbocycles. The van der Waals surface area contributed by atoms with Crippen molar-refractivity contribution in [3.05, 3.63) is 46.5 Å². The Morgan fingerprint density at radius 1 is 1.01 bits per heavy atom. The van der Waals surface area contributed by atoms with Gasteiger partial charge in [-0.2, -0.15) is 0 Å². The van der Waals surface area contributed by atoms with Crippen molar-refractivity contribution in [2.75, 3.05) is 39.8 Å². The second-order valence-corrected chi connectivity index (χ2v) is 24.3. The van der Waals surface area contributed by atoms with Gasteiger partial charge in [-0.15, -0.1) is 16.8 Å². The Kier molecular flexibility index (Phi) is 18.3. The number of hydrogen-bond acceptors (Lipinski definition) is 17. The van der Waals surface area contributed by atoms with E-state index in [1.807, 2.05) is 26.8 Å². The van der Waals surface area contributed by atoms with Crippen LogP contribution in [0.25, 0.3) is 0 Å². The molecule has 9 atom stereocenters. The maximum atomic E-state index is 14.4. The number of carbonyl (C=O) groups is 9. The molecule has 0 aromatic heterocycles. The number of nitrogens with one attached hydrogen (secondary N) is 1. The Morgan fingerprint density at radius 2 is 1.69 bits per heavy atom. The molecule has 5 heterocycles. The van der Waals surface area contributed by atoms with Gasteiger partial charge in [-0.25, -0.2) is 14.4 Å². The van der Waals surface area contributed by atoms with Crippen molar-refractivity contribution in [2.45, 2.75) is 170 Å². The fourth-order valence-corrected chi connectivity index (χ4v) is 12.6. The van der Waals surface area contributed by atoms with Crippen molar-refractivity contribution in [3.63, 3.8) is 0 Å². The standard InChI is InChI=1S/C54H72ClN5O16S/c1-29-12-11-13-39(72-10)54(70)27-37(73-51(69)56-54)30(2)47-53(6,75-47)40(26-44(64)58(8)35-23-33(22-29)24-36(71-9)46(35)55)74-49(67)31(3)57(7)41(61)20-21-52(4,5)77-38-25-45(65)59(48(38)66)28-32-14-16-34(17-15-32)50(68)76-60-42(62)18-19-43(60)63/h11-13,23-24,30-32,34,37-40,47,70H,14-22,25-28H2,1-10H3,(H,56,69)/b13-11+,29-12+/t30-,31+,32?,34?,37+,38?,39-,40+,47+,53+,54+/m1/s1. The number of alkyl carbamates (subject to hydrolysis) is 1. The molecule has 0 radical (unpaired) electrons. The number of aliphatic hydroxyl groups is 1. The van der Waals surface area contributed by atoms with Crippen LogP contribution in [0.3, 0.4) is 0 Å². The van der Waals surface area contributed by atoms with Crippen LogP contribution in [0.1, 0.15) is 118 Å². The molecule has 23 heteroatoms. The number of carbonyl (C=O) groups excluding carboxylic acids is 9. The lowest BCUT2D eigenvalue weighted by atomic mass is 9.82. The number of epoxide rings is 1. The van der Waals surface area contributed by atoms with Gasteiger partial charge in [-0.3, -0.25) is 39.0 Å². The number of hydrogen-bond donors (Lipinski definition) is 2. The van der Waals surface area contributed by atoms with Gasteiger partial charge in [-0.1, -0.05) is 56.2 Å². The van der Waals surface area contributed by atoms with Crippen LogP contribution in [0.2, 0.25) is 5.02 Å². The summed E-state index contributed by atoms with van der Waals surface area (Å²) in [6.07, 6.45) is 2.52. The third kappa shape index (κ3) is 13.3. The van der Waals surface area contributed by atoms with E-state index in [4.69, 9.17) is 40.1 Å². The predicted molar refractivity (Wildman–Crippen MR) is 280 cm³/mol. The number of methoxy groups -OCH3 is 2. The van der Waals surface area contributed by atoms with Crippen molar-refractivity contribution in [2.24, 2.45) is 17.8 Å². The molecule has 5 aliphatic heterocycles. The van der Waals surface area contributed by atoms with Crippen LogP contribution in [0, 0.1) is 17.8 Å². The first-order chi connectivity index (χ1) is 36.2. The highest BCUT2D eigenvalue weighted by Gasteiger charge is 2.64. The number of likely N-dealkylation sites (tertiary alicyclic amines) is 1. The summed E-state index contributed by atoms with van der Waals surface area (Å²) in [5.74, 6) is -4.90. The summed E-state index contributed by atoms with van der Waals surface area (Å²) in [6.45, 7) is 10.8. The zero-order chi connectivity index (χ0) is 56.5. The molecular weight excluding hydrogens is 1040 g/mol. The minimum Gasteiger partial charge on any atom is -0.495 e. The molecule has 5 fully saturated rings. The first-order valence-electron chi connectivity index (χ1n) is 26.1. The number of amides is 7. The second-order valence-electron chi connectivity index (χ2n) is 22.0. The molecule has 0 spiro atoms. The second kappa shape index (κ2) is 23.8. The lowest BCUT2D eigenvalue weighted by molar-refractivity contribution is -0.201. The number of allylic oxidation sites excluding steroid dienone is 3. The van der Waals surface area contributed by atoms with Gasteiger partial charge in [0.05, 0.1) is 36.5 Å². The summed E-state index contributed by atoms with van der Waals surface area (Å²) in [6, 6.07) is 2.39. The quantitative estimate of drug-likeness (QED) is 0.135. The van der Waals surface area contributed by atoms with Gasteiger partial charge in [-0.05, 0) is 82.9 Å². The molecule has 1 aromatic carbocycles. The van der Waals surface area contributed by atoms with E-state index in [9.17, 15) is 48.3 Å². The maximum absolute atomic E-state index is 14.4. The largest absolute Gasteiger partial charge is 0.495 e. The van der Waals surface area contributed by atoms with E-state index < -0.39 is 112 Å². The summed E-state index contributed by atoms with van der Waals surface area (Å²) in [4.78, 5) is 128. The number of hydroxylamine groups is 2. The minimum atomic E-state index is -1.89. The van der Waals surface area contributed by atoms with Gasteiger partial charge in [0.2, 0.25) is 23.6 Å². The minimum absolute atomic E-state index is 0.00150. The number of halogens is 1. The molecule has 4 saturated heterocycles. The fraction of sp³-hybridized carbons (Fsp3) is 0.648. The Bertz CT molecular complexity index is 2570. The average molecular weight is 1110 g/mol. The van der Waals surface area contributed by atoms with Crippen LogP contribution in [-0.4, -0.2) is 160 Å². The molecule has 1 aliphatic carbocycles. The predicted octanol–water partition coefficient (Wildman–Crippen LogP) is 5.35. The fourth-order valence-electron chi connectivity index (χ4n) is 10.8. The van der Waals surface area contributed by atoms with Crippen LogP contribution < -0.4 is 15.0 Å². The van der Waals surface area contributed by atoms with Crippen molar-refractivity contribution in [1.82, 2.24) is 20.2 Å². The smallest absolute Gasteiger partial charge is 0.409 e. The zero-order valence-corrected chi connectivity index (χ0v) is 47.0. The molecule has 21 nitrogen and oxygen atoms in total. The summed E-state index contributed by atoms with van der Waals surface area (Å²) in [5, 5.41) is 14.4. The van der Waals surface area contributed by atoms with Crippen molar-refractivity contribution < 1.29 is 76.8 Å². The third-order valence-corrected chi connectivity index (χ3v) is 17.8. The highest BCUT2D eigenvalue weighted by Crippen LogP contribution is 2.49. The Balaban J connectivity index is 0.990. The van der Waals surface area contributed by atoms with E-state index in [1.165, 1.54) is 54.7 Å². The number of rotatable bonds is 14. The van der Waals surface area contributed by atoms with Crippen LogP contribution >= 0.6 is 23.4 Å².